The molecule has 0 aromatic carbocycles. The van der Waals surface area contributed by atoms with Crippen LogP contribution in [0.4, 0.5) is 0 Å². The fraction of sp³-hybridized carbons (Fsp3) is 0.875. The predicted molar refractivity (Wildman–Crippen MR) is 43.7 cm³/mol. The van der Waals surface area contributed by atoms with E-state index in [2.05, 4.69) is 0 Å². The van der Waals surface area contributed by atoms with Crippen molar-refractivity contribution in [2.45, 2.75) is 26.1 Å². The Hall–Kier alpha value is -0.690. The number of hydrogen-bond acceptors (Lipinski definition) is 6. The largest absolute Gasteiger partial charge is 0.466 e. The number of esters is 1. The molecule has 0 saturated carbocycles. The maximum atomic E-state index is 11.1. The standard InChI is InChI=1S/C8H14O6/c1-3-10-7(9)6-8(2)13-11-4-5-12-14-8/h3-6H2,1-2H3. The molecule has 0 N–H and O–H groups in total. The van der Waals surface area contributed by atoms with Crippen LogP contribution in [0.5, 0.6) is 0 Å². The maximum absolute atomic E-state index is 11.1. The van der Waals surface area contributed by atoms with Gasteiger partial charge in [-0.2, -0.15) is 9.78 Å². The van der Waals surface area contributed by atoms with Gasteiger partial charge in [0, 0.05) is 0 Å². The Labute approximate surface area is 81.9 Å². The molecule has 0 aromatic heterocycles. The monoisotopic (exact) mass is 206 g/mol. The lowest BCUT2D eigenvalue weighted by molar-refractivity contribution is -0.472. The van der Waals surface area contributed by atoms with Crippen LogP contribution in [0.1, 0.15) is 20.3 Å². The number of ether oxygens (including phenoxy) is 1. The van der Waals surface area contributed by atoms with Gasteiger partial charge in [0.25, 0.3) is 0 Å². The number of rotatable bonds is 3. The van der Waals surface area contributed by atoms with Gasteiger partial charge in [-0.15, -0.1) is 0 Å². The quantitative estimate of drug-likeness (QED) is 0.496. The molecule has 1 aliphatic rings. The van der Waals surface area contributed by atoms with Gasteiger partial charge in [-0.3, -0.25) is 4.79 Å². The van der Waals surface area contributed by atoms with Crippen molar-refractivity contribution < 1.29 is 29.1 Å². The molecule has 6 heteroatoms. The van der Waals surface area contributed by atoms with E-state index in [-0.39, 0.29) is 19.6 Å². The fourth-order valence-corrected chi connectivity index (χ4v) is 0.948. The molecule has 82 valence electrons. The summed E-state index contributed by atoms with van der Waals surface area (Å²) in [6.07, 6.45) is -0.0825. The van der Waals surface area contributed by atoms with Crippen molar-refractivity contribution in [2.75, 3.05) is 19.8 Å². The van der Waals surface area contributed by atoms with E-state index in [1.807, 2.05) is 0 Å². The molecule has 0 amide bonds. The molecule has 0 radical (unpaired) electrons. The minimum atomic E-state index is -1.23. The second-order valence-corrected chi connectivity index (χ2v) is 2.93. The van der Waals surface area contributed by atoms with Gasteiger partial charge in [0.15, 0.2) is 0 Å². The molecule has 1 heterocycles. The highest BCUT2D eigenvalue weighted by Crippen LogP contribution is 2.21. The van der Waals surface area contributed by atoms with E-state index in [1.165, 1.54) is 6.92 Å². The van der Waals surface area contributed by atoms with Crippen LogP contribution in [0.2, 0.25) is 0 Å². The van der Waals surface area contributed by atoms with Crippen molar-refractivity contribution in [2.24, 2.45) is 0 Å². The summed E-state index contributed by atoms with van der Waals surface area (Å²) in [5.74, 6) is -1.66. The maximum Gasteiger partial charge on any atom is 0.311 e. The van der Waals surface area contributed by atoms with E-state index < -0.39 is 11.8 Å². The van der Waals surface area contributed by atoms with Gasteiger partial charge in [-0.1, -0.05) is 0 Å². The second-order valence-electron chi connectivity index (χ2n) is 2.93. The third-order valence-corrected chi connectivity index (χ3v) is 1.49. The van der Waals surface area contributed by atoms with Crippen LogP contribution < -0.4 is 0 Å². The number of carbonyl (C=O) groups is 1. The first kappa shape index (κ1) is 11.4. The Morgan fingerprint density at radius 2 is 1.93 bits per heavy atom. The van der Waals surface area contributed by atoms with Crippen LogP contribution >= 0.6 is 0 Å². The first-order valence-electron chi connectivity index (χ1n) is 4.43. The molecule has 1 fully saturated rings. The van der Waals surface area contributed by atoms with Crippen LogP contribution in [0.3, 0.4) is 0 Å². The van der Waals surface area contributed by atoms with Crippen LogP contribution in [0.15, 0.2) is 0 Å². The summed E-state index contributed by atoms with van der Waals surface area (Å²) in [5.41, 5.74) is 0. The SMILES string of the molecule is CCOC(=O)CC1(C)OOCCOO1. The van der Waals surface area contributed by atoms with Gasteiger partial charge in [-0.05, 0) is 13.8 Å². The summed E-state index contributed by atoms with van der Waals surface area (Å²) >= 11 is 0. The Balaban J connectivity index is 2.41. The topological polar surface area (TPSA) is 63.2 Å². The van der Waals surface area contributed by atoms with Gasteiger partial charge in [0.2, 0.25) is 5.79 Å². The molecule has 0 spiro atoms. The average Bonchev–Trinajstić information content (AvgIpc) is 2.30. The third-order valence-electron chi connectivity index (χ3n) is 1.49. The van der Waals surface area contributed by atoms with Crippen molar-refractivity contribution in [3.05, 3.63) is 0 Å². The van der Waals surface area contributed by atoms with Gasteiger partial charge >= 0.3 is 5.97 Å². The zero-order valence-corrected chi connectivity index (χ0v) is 8.28. The zero-order chi connectivity index (χ0) is 10.4. The highest BCUT2D eigenvalue weighted by atomic mass is 17.3. The Kier molecular flexibility index (Phi) is 4.27. The molecular weight excluding hydrogens is 192 g/mol. The molecule has 0 aliphatic carbocycles. The van der Waals surface area contributed by atoms with Crippen LogP contribution in [0, 0.1) is 0 Å². The Morgan fingerprint density at radius 3 is 2.43 bits per heavy atom. The zero-order valence-electron chi connectivity index (χ0n) is 8.28. The molecule has 14 heavy (non-hydrogen) atoms. The molecule has 1 aliphatic heterocycles. The highest BCUT2D eigenvalue weighted by molar-refractivity contribution is 5.70. The van der Waals surface area contributed by atoms with Crippen molar-refractivity contribution >= 4 is 5.97 Å². The Morgan fingerprint density at radius 1 is 1.36 bits per heavy atom. The van der Waals surface area contributed by atoms with Gasteiger partial charge in [0.1, 0.15) is 19.6 Å². The van der Waals surface area contributed by atoms with Gasteiger partial charge in [-0.25, -0.2) is 9.78 Å². The van der Waals surface area contributed by atoms with E-state index in [1.54, 1.807) is 6.92 Å². The number of hydrogen-bond donors (Lipinski definition) is 0. The van der Waals surface area contributed by atoms with Crippen molar-refractivity contribution in [3.63, 3.8) is 0 Å². The van der Waals surface area contributed by atoms with Gasteiger partial charge < -0.3 is 4.74 Å². The summed E-state index contributed by atoms with van der Waals surface area (Å²) in [7, 11) is 0. The molecular formula is C8H14O6. The lowest BCUT2D eigenvalue weighted by atomic mass is 10.2. The summed E-state index contributed by atoms with van der Waals surface area (Å²) in [4.78, 5) is 30.3. The highest BCUT2D eigenvalue weighted by Gasteiger charge is 2.35. The average molecular weight is 206 g/mol. The van der Waals surface area contributed by atoms with E-state index in [4.69, 9.17) is 24.3 Å². The number of carbonyl (C=O) groups excluding carboxylic acids is 1. The molecule has 0 unspecified atom stereocenters. The summed E-state index contributed by atoms with van der Waals surface area (Å²) in [6, 6.07) is 0. The van der Waals surface area contributed by atoms with Crippen LogP contribution in [-0.2, 0) is 29.1 Å². The van der Waals surface area contributed by atoms with Crippen LogP contribution in [-0.4, -0.2) is 31.6 Å². The molecule has 1 saturated heterocycles. The first-order chi connectivity index (χ1) is 6.66. The summed E-state index contributed by atoms with van der Waals surface area (Å²) in [5, 5.41) is 0. The van der Waals surface area contributed by atoms with Crippen LogP contribution in [0.25, 0.3) is 0 Å². The molecule has 1 rings (SSSR count). The normalized spacial score (nSPS) is 21.3. The molecule has 6 nitrogen and oxygen atoms in total. The third kappa shape index (κ3) is 3.59. The molecule has 0 atom stereocenters. The minimum absolute atomic E-state index is 0.0825. The lowest BCUT2D eigenvalue weighted by Gasteiger charge is -2.22. The first-order valence-corrected chi connectivity index (χ1v) is 4.43. The fourth-order valence-electron chi connectivity index (χ4n) is 0.948. The van der Waals surface area contributed by atoms with E-state index >= 15 is 0 Å². The van der Waals surface area contributed by atoms with Crippen molar-refractivity contribution in [1.82, 2.24) is 0 Å². The van der Waals surface area contributed by atoms with E-state index in [9.17, 15) is 4.79 Å². The van der Waals surface area contributed by atoms with E-state index in [0.29, 0.717) is 6.61 Å². The minimum Gasteiger partial charge on any atom is -0.466 e. The summed E-state index contributed by atoms with van der Waals surface area (Å²) in [6.45, 7) is 4.10. The van der Waals surface area contributed by atoms with Crippen molar-refractivity contribution in [1.29, 1.82) is 0 Å². The summed E-state index contributed by atoms with van der Waals surface area (Å²) < 4.78 is 4.74. The Bertz CT molecular complexity index is 184. The second kappa shape index (κ2) is 5.26. The smallest absolute Gasteiger partial charge is 0.311 e. The van der Waals surface area contributed by atoms with E-state index in [0.717, 1.165) is 0 Å². The lowest BCUT2D eigenvalue weighted by Crippen LogP contribution is -2.34. The van der Waals surface area contributed by atoms with Crippen molar-refractivity contribution in [3.8, 4) is 0 Å². The van der Waals surface area contributed by atoms with Gasteiger partial charge in [0.05, 0.1) is 6.61 Å². The predicted octanol–water partition coefficient (Wildman–Crippen LogP) is 0.566. The molecule has 0 aromatic rings. The molecule has 0 bridgehead atoms.